The molecule has 0 radical (unpaired) electrons. The molecule has 1 atom stereocenters. The van der Waals surface area contributed by atoms with Crippen LogP contribution in [0.1, 0.15) is 23.1 Å². The lowest BCUT2D eigenvalue weighted by Gasteiger charge is -2.37. The minimum absolute atomic E-state index is 0.0905. The first kappa shape index (κ1) is 12.5. The van der Waals surface area contributed by atoms with Crippen molar-refractivity contribution in [1.82, 2.24) is 0 Å². The van der Waals surface area contributed by atoms with E-state index in [9.17, 15) is 0 Å². The number of fused-ring (bicyclic) bond motifs is 2. The maximum absolute atomic E-state index is 6.24. The van der Waals surface area contributed by atoms with E-state index in [1.54, 1.807) is 0 Å². The number of hydrogen-bond donors (Lipinski definition) is 1. The molecule has 1 heterocycles. The van der Waals surface area contributed by atoms with Gasteiger partial charge in [0.1, 0.15) is 0 Å². The monoisotopic (exact) mass is 277 g/mol. The number of benzene rings is 2. The smallest absolute Gasteiger partial charge is 0.196 e. The van der Waals surface area contributed by atoms with E-state index in [1.165, 1.54) is 16.7 Å². The lowest BCUT2D eigenvalue weighted by Crippen LogP contribution is -2.48. The summed E-state index contributed by atoms with van der Waals surface area (Å²) >= 11 is 0. The molecule has 3 heteroatoms. The Morgan fingerprint density at radius 1 is 1.14 bits per heavy atom. The molecule has 1 unspecified atom stereocenters. The Hall–Kier alpha value is -2.29. The molecule has 2 aromatic carbocycles. The second kappa shape index (κ2) is 4.35. The molecule has 0 fully saturated rings. The van der Waals surface area contributed by atoms with Crippen LogP contribution in [0.5, 0.6) is 0 Å². The first-order chi connectivity index (χ1) is 10.2. The van der Waals surface area contributed by atoms with E-state index in [1.807, 2.05) is 6.07 Å². The number of rotatable bonds is 1. The van der Waals surface area contributed by atoms with Gasteiger partial charge in [-0.05, 0) is 43.0 Å². The highest BCUT2D eigenvalue weighted by molar-refractivity contribution is 5.98. The Morgan fingerprint density at radius 3 is 2.76 bits per heavy atom. The van der Waals surface area contributed by atoms with E-state index in [0.29, 0.717) is 5.96 Å². The summed E-state index contributed by atoms with van der Waals surface area (Å²) in [6.45, 7) is 2.91. The predicted molar refractivity (Wildman–Crippen MR) is 86.6 cm³/mol. The van der Waals surface area contributed by atoms with Crippen LogP contribution in [-0.2, 0) is 12.0 Å². The Bertz CT molecular complexity index is 720. The molecule has 1 aliphatic heterocycles. The SMILES string of the molecule is Cc1ccc2c(c1)C1(CC2)CN=C(N)N1c1ccccc1. The van der Waals surface area contributed by atoms with Crippen LogP contribution in [0.4, 0.5) is 5.69 Å². The molecule has 21 heavy (non-hydrogen) atoms. The fourth-order valence-corrected chi connectivity index (χ4v) is 3.74. The summed E-state index contributed by atoms with van der Waals surface area (Å²) in [5, 5.41) is 0. The van der Waals surface area contributed by atoms with E-state index in [2.05, 4.69) is 59.3 Å². The molecule has 4 rings (SSSR count). The Morgan fingerprint density at radius 2 is 1.95 bits per heavy atom. The lowest BCUT2D eigenvalue weighted by atomic mass is 9.89. The summed E-state index contributed by atoms with van der Waals surface area (Å²) in [5.41, 5.74) is 11.4. The van der Waals surface area contributed by atoms with Crippen LogP contribution in [0.2, 0.25) is 0 Å². The lowest BCUT2D eigenvalue weighted by molar-refractivity contribution is 0.476. The number of nitrogens with zero attached hydrogens (tertiary/aromatic N) is 2. The molecular weight excluding hydrogens is 258 g/mol. The van der Waals surface area contributed by atoms with Gasteiger partial charge in [-0.3, -0.25) is 4.99 Å². The average Bonchev–Trinajstić information content (AvgIpc) is 3.02. The molecule has 0 bridgehead atoms. The van der Waals surface area contributed by atoms with Crippen LogP contribution in [0.25, 0.3) is 0 Å². The molecule has 1 aliphatic carbocycles. The predicted octanol–water partition coefficient (Wildman–Crippen LogP) is 2.97. The van der Waals surface area contributed by atoms with Gasteiger partial charge in [0.05, 0.1) is 12.1 Å². The fourth-order valence-electron chi connectivity index (χ4n) is 3.74. The van der Waals surface area contributed by atoms with Crippen molar-refractivity contribution in [3.05, 3.63) is 65.2 Å². The first-order valence-corrected chi connectivity index (χ1v) is 7.46. The van der Waals surface area contributed by atoms with Gasteiger partial charge in [-0.2, -0.15) is 0 Å². The number of para-hydroxylation sites is 1. The summed E-state index contributed by atoms with van der Waals surface area (Å²) in [6, 6.07) is 17.1. The quantitative estimate of drug-likeness (QED) is 0.870. The summed E-state index contributed by atoms with van der Waals surface area (Å²) in [5.74, 6) is 0.635. The molecule has 0 aromatic heterocycles. The summed E-state index contributed by atoms with van der Waals surface area (Å²) in [7, 11) is 0. The molecule has 0 amide bonds. The van der Waals surface area contributed by atoms with Gasteiger partial charge >= 0.3 is 0 Å². The number of nitrogens with two attached hydrogens (primary N) is 1. The van der Waals surface area contributed by atoms with Crippen LogP contribution >= 0.6 is 0 Å². The Labute approximate surface area is 125 Å². The van der Waals surface area contributed by atoms with Gasteiger partial charge < -0.3 is 10.6 Å². The number of guanidine groups is 1. The van der Waals surface area contributed by atoms with Crippen molar-refractivity contribution >= 4 is 11.6 Å². The Balaban J connectivity index is 1.88. The van der Waals surface area contributed by atoms with Crippen molar-refractivity contribution < 1.29 is 0 Å². The zero-order valence-corrected chi connectivity index (χ0v) is 12.2. The van der Waals surface area contributed by atoms with Crippen molar-refractivity contribution in [3.8, 4) is 0 Å². The maximum atomic E-state index is 6.24. The van der Waals surface area contributed by atoms with Crippen LogP contribution < -0.4 is 10.6 Å². The van der Waals surface area contributed by atoms with Gasteiger partial charge in [-0.1, -0.05) is 42.0 Å². The zero-order chi connectivity index (χ0) is 14.4. The third kappa shape index (κ3) is 1.70. The van der Waals surface area contributed by atoms with Crippen LogP contribution in [0, 0.1) is 6.92 Å². The molecule has 2 N–H and O–H groups in total. The van der Waals surface area contributed by atoms with E-state index in [4.69, 9.17) is 5.73 Å². The second-order valence-corrected chi connectivity index (χ2v) is 6.04. The third-order valence-corrected chi connectivity index (χ3v) is 4.75. The zero-order valence-electron chi connectivity index (χ0n) is 12.2. The highest BCUT2D eigenvalue weighted by Crippen LogP contribution is 2.46. The van der Waals surface area contributed by atoms with Gasteiger partial charge in [0, 0.05) is 5.69 Å². The highest BCUT2D eigenvalue weighted by atomic mass is 15.4. The molecule has 0 saturated carbocycles. The van der Waals surface area contributed by atoms with Crippen molar-refractivity contribution in [2.24, 2.45) is 10.7 Å². The maximum Gasteiger partial charge on any atom is 0.196 e. The molecule has 2 aromatic rings. The van der Waals surface area contributed by atoms with E-state index in [-0.39, 0.29) is 5.54 Å². The fraction of sp³-hybridized carbons (Fsp3) is 0.278. The summed E-state index contributed by atoms with van der Waals surface area (Å²) in [6.07, 6.45) is 2.17. The van der Waals surface area contributed by atoms with Crippen LogP contribution in [-0.4, -0.2) is 12.5 Å². The third-order valence-electron chi connectivity index (χ3n) is 4.75. The second-order valence-electron chi connectivity index (χ2n) is 6.04. The largest absolute Gasteiger partial charge is 0.369 e. The van der Waals surface area contributed by atoms with Crippen molar-refractivity contribution in [1.29, 1.82) is 0 Å². The normalized spacial score (nSPS) is 23.5. The van der Waals surface area contributed by atoms with Crippen molar-refractivity contribution in [2.45, 2.75) is 25.3 Å². The van der Waals surface area contributed by atoms with Crippen molar-refractivity contribution in [3.63, 3.8) is 0 Å². The van der Waals surface area contributed by atoms with Gasteiger partial charge in [-0.15, -0.1) is 0 Å². The highest BCUT2D eigenvalue weighted by Gasteiger charge is 2.48. The summed E-state index contributed by atoms with van der Waals surface area (Å²) < 4.78 is 0. The first-order valence-electron chi connectivity index (χ1n) is 7.46. The van der Waals surface area contributed by atoms with Gasteiger partial charge in [0.25, 0.3) is 0 Å². The number of aliphatic imine (C=N–C) groups is 1. The van der Waals surface area contributed by atoms with Crippen LogP contribution in [0.15, 0.2) is 53.5 Å². The topological polar surface area (TPSA) is 41.6 Å². The Kier molecular flexibility index (Phi) is 2.58. The van der Waals surface area contributed by atoms with Gasteiger partial charge in [-0.25, -0.2) is 0 Å². The molecule has 106 valence electrons. The minimum Gasteiger partial charge on any atom is -0.369 e. The van der Waals surface area contributed by atoms with E-state index < -0.39 is 0 Å². The number of anilines is 1. The van der Waals surface area contributed by atoms with Gasteiger partial charge in [0.2, 0.25) is 0 Å². The average molecular weight is 277 g/mol. The number of hydrogen-bond acceptors (Lipinski definition) is 3. The molecule has 1 spiro atoms. The van der Waals surface area contributed by atoms with Gasteiger partial charge in [0.15, 0.2) is 5.96 Å². The summed E-state index contributed by atoms with van der Waals surface area (Å²) in [4.78, 5) is 6.81. The van der Waals surface area contributed by atoms with Crippen LogP contribution in [0.3, 0.4) is 0 Å². The van der Waals surface area contributed by atoms with E-state index >= 15 is 0 Å². The minimum atomic E-state index is -0.0905. The van der Waals surface area contributed by atoms with Crippen molar-refractivity contribution in [2.75, 3.05) is 11.4 Å². The number of aryl methyl sites for hydroxylation is 2. The molecule has 0 saturated heterocycles. The molecular formula is C18H19N3. The standard InChI is InChI=1S/C18H19N3/c1-13-7-8-14-9-10-18(16(14)11-13)12-20-17(19)21(18)15-5-3-2-4-6-15/h2-8,11H,9-10,12H2,1H3,(H2,19,20). The van der Waals surface area contributed by atoms with E-state index in [0.717, 1.165) is 25.1 Å². The molecule has 3 nitrogen and oxygen atoms in total. The molecule has 2 aliphatic rings.